The van der Waals surface area contributed by atoms with E-state index in [1.54, 1.807) is 45.2 Å². The largest absolute Gasteiger partial charge is 0.445 e. The summed E-state index contributed by atoms with van der Waals surface area (Å²) in [6.07, 6.45) is 1.17. The summed E-state index contributed by atoms with van der Waals surface area (Å²) in [6, 6.07) is 4.17. The van der Waals surface area contributed by atoms with E-state index in [4.69, 9.17) is 10.5 Å². The van der Waals surface area contributed by atoms with Crippen LogP contribution < -0.4 is 27.0 Å². The molecule has 6 N–H and O–H groups in total. The Morgan fingerprint density at radius 2 is 1.51 bits per heavy atom. The average Bonchev–Trinajstić information content (AvgIpc) is 3.01. The van der Waals surface area contributed by atoms with Gasteiger partial charge in [-0.3, -0.25) is 19.2 Å². The molecule has 0 aliphatic carbocycles. The third-order valence-electron chi connectivity index (χ3n) is 6.04. The van der Waals surface area contributed by atoms with Crippen LogP contribution >= 0.6 is 0 Å². The fourth-order valence-corrected chi connectivity index (χ4v) is 3.64. The summed E-state index contributed by atoms with van der Waals surface area (Å²) in [5, 5.41) is 10.7. The molecule has 0 bridgehead atoms. The smallest absolute Gasteiger partial charge is 0.409 e. The van der Waals surface area contributed by atoms with Crippen molar-refractivity contribution in [3.05, 3.63) is 29.8 Å². The van der Waals surface area contributed by atoms with Crippen LogP contribution in [0.1, 0.15) is 93.1 Å². The van der Waals surface area contributed by atoms with Crippen LogP contribution in [-0.4, -0.2) is 72.7 Å². The van der Waals surface area contributed by atoms with Crippen molar-refractivity contribution in [2.75, 3.05) is 25.5 Å². The van der Waals surface area contributed by atoms with E-state index in [1.165, 1.54) is 11.8 Å². The molecule has 1 unspecified atom stereocenters. The van der Waals surface area contributed by atoms with Gasteiger partial charge in [-0.2, -0.15) is 0 Å². The predicted octanol–water partition coefficient (Wildman–Crippen LogP) is 4.10. The number of ketones is 1. The van der Waals surface area contributed by atoms with Crippen molar-refractivity contribution in [2.24, 2.45) is 11.7 Å². The SMILES string of the molecule is CC.CC.CCCC(=O)NC(C(=O)N[C@@H](CCCNC(N)=O)C(=O)Nc1ccc(COC(=O)N(C)CCC(C)=O)cc1)C(C)C. The molecule has 0 saturated carbocycles. The van der Waals surface area contributed by atoms with Crippen LogP contribution in [0.25, 0.3) is 0 Å². The quantitative estimate of drug-likeness (QED) is 0.159. The normalized spacial score (nSPS) is 11.2. The van der Waals surface area contributed by atoms with E-state index in [2.05, 4.69) is 21.3 Å². The maximum atomic E-state index is 13.2. The predicted molar refractivity (Wildman–Crippen MR) is 176 cm³/mol. The van der Waals surface area contributed by atoms with Crippen LogP contribution in [-0.2, 0) is 30.5 Å². The van der Waals surface area contributed by atoms with Crippen LogP contribution in [0.2, 0.25) is 0 Å². The minimum absolute atomic E-state index is 0.00333. The summed E-state index contributed by atoms with van der Waals surface area (Å²) < 4.78 is 5.25. The number of carbonyl (C=O) groups excluding carboxylic acids is 6. The Bertz CT molecular complexity index is 1050. The lowest BCUT2D eigenvalue weighted by Gasteiger charge is -2.25. The fraction of sp³-hybridized carbons (Fsp3) is 0.625. The van der Waals surface area contributed by atoms with Crippen molar-refractivity contribution >= 4 is 41.3 Å². The van der Waals surface area contributed by atoms with E-state index in [-0.39, 0.29) is 56.6 Å². The molecule has 13 heteroatoms. The van der Waals surface area contributed by atoms with Gasteiger partial charge < -0.3 is 36.6 Å². The molecule has 1 rings (SSSR count). The first-order chi connectivity index (χ1) is 21.3. The molecule has 0 spiro atoms. The van der Waals surface area contributed by atoms with Gasteiger partial charge in [0.15, 0.2) is 0 Å². The van der Waals surface area contributed by atoms with E-state index in [0.717, 1.165) is 0 Å². The van der Waals surface area contributed by atoms with Gasteiger partial charge in [-0.25, -0.2) is 9.59 Å². The lowest BCUT2D eigenvalue weighted by Crippen LogP contribution is -2.54. The van der Waals surface area contributed by atoms with Gasteiger partial charge in [0.25, 0.3) is 0 Å². The van der Waals surface area contributed by atoms with E-state index in [0.29, 0.717) is 24.1 Å². The second-order valence-electron chi connectivity index (χ2n) is 10.1. The number of hydrogen-bond acceptors (Lipinski definition) is 7. The van der Waals surface area contributed by atoms with Gasteiger partial charge in [0, 0.05) is 38.7 Å². The maximum absolute atomic E-state index is 13.2. The first kappa shape index (κ1) is 43.0. The molecule has 0 aromatic heterocycles. The number of primary amides is 1. The number of nitrogens with two attached hydrogens (primary N) is 1. The highest BCUT2D eigenvalue weighted by Crippen LogP contribution is 2.13. The zero-order valence-electron chi connectivity index (χ0n) is 28.6. The molecule has 0 aliphatic rings. The molecule has 0 aliphatic heterocycles. The molecule has 0 radical (unpaired) electrons. The summed E-state index contributed by atoms with van der Waals surface area (Å²) >= 11 is 0. The standard InChI is InChI=1S/C28H44N6O7.2C2H6/c1-6-8-23(36)33-24(18(2)3)26(38)32-22(9-7-15-30-27(29)39)25(37)31-21-12-10-20(11-13-21)17-41-28(40)34(5)16-14-19(4)35;2*1-2/h10-13,18,22,24H,6-9,14-17H2,1-5H3,(H,31,37)(H,32,38)(H,33,36)(H3,29,30,39);2*1-2H3/t22-,24?;;/m0../s1. The number of hydrogen-bond donors (Lipinski definition) is 5. The van der Waals surface area contributed by atoms with Gasteiger partial charge in [0.05, 0.1) is 0 Å². The van der Waals surface area contributed by atoms with Crippen molar-refractivity contribution in [1.82, 2.24) is 20.9 Å². The van der Waals surface area contributed by atoms with Crippen LogP contribution in [0.3, 0.4) is 0 Å². The third-order valence-corrected chi connectivity index (χ3v) is 6.04. The van der Waals surface area contributed by atoms with Gasteiger partial charge in [-0.15, -0.1) is 0 Å². The van der Waals surface area contributed by atoms with Gasteiger partial charge in [-0.05, 0) is 49.8 Å². The van der Waals surface area contributed by atoms with Gasteiger partial charge in [-0.1, -0.05) is 60.6 Å². The molecule has 0 saturated heterocycles. The van der Waals surface area contributed by atoms with Crippen LogP contribution in [0.15, 0.2) is 24.3 Å². The molecule has 2 atom stereocenters. The Balaban J connectivity index is 0. The van der Waals surface area contributed by atoms with Crippen molar-refractivity contribution in [2.45, 2.75) is 106 Å². The minimum Gasteiger partial charge on any atom is -0.445 e. The molecule has 0 fully saturated rings. The number of carbonyl (C=O) groups is 6. The molecule has 256 valence electrons. The number of rotatable bonds is 17. The number of nitrogens with one attached hydrogen (secondary N) is 4. The van der Waals surface area contributed by atoms with Gasteiger partial charge in [0.1, 0.15) is 24.5 Å². The van der Waals surface area contributed by atoms with E-state index in [1.807, 2.05) is 34.6 Å². The first-order valence-corrected chi connectivity index (χ1v) is 15.7. The number of urea groups is 1. The zero-order chi connectivity index (χ0) is 34.9. The number of ether oxygens (including phenoxy) is 1. The van der Waals surface area contributed by atoms with Gasteiger partial charge >= 0.3 is 12.1 Å². The average molecular weight is 637 g/mol. The molecule has 1 aromatic rings. The van der Waals surface area contributed by atoms with Crippen LogP contribution in [0, 0.1) is 5.92 Å². The lowest BCUT2D eigenvalue weighted by molar-refractivity contribution is -0.132. The summed E-state index contributed by atoms with van der Waals surface area (Å²) in [5.41, 5.74) is 6.24. The van der Waals surface area contributed by atoms with Crippen LogP contribution in [0.4, 0.5) is 15.3 Å². The van der Waals surface area contributed by atoms with Gasteiger partial charge in [0.2, 0.25) is 17.7 Å². The van der Waals surface area contributed by atoms with E-state index in [9.17, 15) is 28.8 Å². The topological polar surface area (TPSA) is 189 Å². The van der Waals surface area contributed by atoms with E-state index < -0.39 is 36.0 Å². The zero-order valence-corrected chi connectivity index (χ0v) is 28.6. The molecule has 45 heavy (non-hydrogen) atoms. The summed E-state index contributed by atoms with van der Waals surface area (Å²) in [7, 11) is 1.55. The Morgan fingerprint density at radius 3 is 2.02 bits per heavy atom. The lowest BCUT2D eigenvalue weighted by atomic mass is 10.0. The highest BCUT2D eigenvalue weighted by molar-refractivity contribution is 5.98. The summed E-state index contributed by atoms with van der Waals surface area (Å²) in [6.45, 7) is 15.4. The Kier molecular flexibility index (Phi) is 24.1. The van der Waals surface area contributed by atoms with E-state index >= 15 is 0 Å². The number of nitrogens with zero attached hydrogens (tertiary/aromatic N) is 1. The molecule has 0 heterocycles. The maximum Gasteiger partial charge on any atom is 0.409 e. The highest BCUT2D eigenvalue weighted by atomic mass is 16.6. The third kappa shape index (κ3) is 19.7. The highest BCUT2D eigenvalue weighted by Gasteiger charge is 2.28. The number of benzene rings is 1. The van der Waals surface area contributed by atoms with Crippen molar-refractivity contribution < 1.29 is 33.5 Å². The second-order valence-corrected chi connectivity index (χ2v) is 10.1. The Labute approximate surface area is 268 Å². The number of Topliss-reactive ketones (excluding diaryl/α,β-unsaturated/α-hetero) is 1. The van der Waals surface area contributed by atoms with Crippen molar-refractivity contribution in [3.8, 4) is 0 Å². The monoisotopic (exact) mass is 636 g/mol. The molecular formula is C32H56N6O7. The summed E-state index contributed by atoms with van der Waals surface area (Å²) in [4.78, 5) is 73.8. The molecule has 1 aromatic carbocycles. The first-order valence-electron chi connectivity index (χ1n) is 15.7. The molecule has 13 nitrogen and oxygen atoms in total. The number of amides is 6. The Hall–Kier alpha value is -4.16. The number of anilines is 1. The van der Waals surface area contributed by atoms with Crippen molar-refractivity contribution in [1.29, 1.82) is 0 Å². The molecule has 6 amide bonds. The van der Waals surface area contributed by atoms with Crippen LogP contribution in [0.5, 0.6) is 0 Å². The Morgan fingerprint density at radius 1 is 0.911 bits per heavy atom. The summed E-state index contributed by atoms with van der Waals surface area (Å²) in [5.74, 6) is -1.46. The fourth-order valence-electron chi connectivity index (χ4n) is 3.64. The second kappa shape index (κ2) is 25.2. The molecular weight excluding hydrogens is 580 g/mol. The van der Waals surface area contributed by atoms with Crippen molar-refractivity contribution in [3.63, 3.8) is 0 Å². The minimum atomic E-state index is -0.951.